The lowest BCUT2D eigenvalue weighted by molar-refractivity contribution is 0.103. The SMILES string of the molecule is O=C(c1ccncc1)c1cccc(Cl)c1. The smallest absolute Gasteiger partial charge is 0.193 e. The van der Waals surface area contributed by atoms with Crippen molar-refractivity contribution in [2.45, 2.75) is 0 Å². The number of ketones is 1. The van der Waals surface area contributed by atoms with Crippen LogP contribution in [-0.4, -0.2) is 10.8 Å². The van der Waals surface area contributed by atoms with Crippen LogP contribution in [0.3, 0.4) is 0 Å². The number of carbonyl (C=O) groups is 1. The molecule has 0 aliphatic carbocycles. The zero-order chi connectivity index (χ0) is 10.7. The van der Waals surface area contributed by atoms with E-state index >= 15 is 0 Å². The van der Waals surface area contributed by atoms with Crippen LogP contribution in [0.1, 0.15) is 15.9 Å². The van der Waals surface area contributed by atoms with Crippen molar-refractivity contribution in [2.24, 2.45) is 0 Å². The molecule has 2 nitrogen and oxygen atoms in total. The Morgan fingerprint density at radius 2 is 1.80 bits per heavy atom. The molecule has 0 aliphatic heterocycles. The monoisotopic (exact) mass is 217 g/mol. The molecular formula is C12H8ClNO. The van der Waals surface area contributed by atoms with E-state index in [4.69, 9.17) is 11.6 Å². The summed E-state index contributed by atoms with van der Waals surface area (Å²) in [5.74, 6) is -0.0418. The first kappa shape index (κ1) is 9.87. The van der Waals surface area contributed by atoms with Gasteiger partial charge in [0.2, 0.25) is 0 Å². The summed E-state index contributed by atoms with van der Waals surface area (Å²) in [7, 11) is 0. The lowest BCUT2D eigenvalue weighted by atomic mass is 10.1. The minimum absolute atomic E-state index is 0.0418. The third kappa shape index (κ3) is 2.22. The van der Waals surface area contributed by atoms with Crippen molar-refractivity contribution in [1.82, 2.24) is 4.98 Å². The molecule has 0 amide bonds. The summed E-state index contributed by atoms with van der Waals surface area (Å²) in [6.07, 6.45) is 3.19. The number of aromatic nitrogens is 1. The van der Waals surface area contributed by atoms with Gasteiger partial charge < -0.3 is 0 Å². The van der Waals surface area contributed by atoms with Gasteiger partial charge in [-0.25, -0.2) is 0 Å². The summed E-state index contributed by atoms with van der Waals surface area (Å²) in [4.78, 5) is 15.8. The van der Waals surface area contributed by atoms with Gasteiger partial charge in [0.25, 0.3) is 0 Å². The van der Waals surface area contributed by atoms with Crippen LogP contribution in [0.5, 0.6) is 0 Å². The highest BCUT2D eigenvalue weighted by Gasteiger charge is 2.08. The topological polar surface area (TPSA) is 30.0 Å². The second-order valence-corrected chi connectivity index (χ2v) is 3.51. The number of carbonyl (C=O) groups excluding carboxylic acids is 1. The summed E-state index contributed by atoms with van der Waals surface area (Å²) in [6, 6.07) is 10.3. The fraction of sp³-hybridized carbons (Fsp3) is 0. The van der Waals surface area contributed by atoms with E-state index in [-0.39, 0.29) is 5.78 Å². The molecule has 1 aromatic carbocycles. The third-order valence-electron chi connectivity index (χ3n) is 2.03. The Morgan fingerprint density at radius 1 is 1.07 bits per heavy atom. The van der Waals surface area contributed by atoms with Gasteiger partial charge in [0, 0.05) is 28.5 Å². The van der Waals surface area contributed by atoms with E-state index in [1.165, 1.54) is 0 Å². The Hall–Kier alpha value is -1.67. The predicted octanol–water partition coefficient (Wildman–Crippen LogP) is 2.97. The normalized spacial score (nSPS) is 9.93. The van der Waals surface area contributed by atoms with Gasteiger partial charge in [-0.05, 0) is 24.3 Å². The fourth-order valence-electron chi connectivity index (χ4n) is 1.30. The summed E-state index contributed by atoms with van der Waals surface area (Å²) < 4.78 is 0. The predicted molar refractivity (Wildman–Crippen MR) is 59.1 cm³/mol. The molecule has 3 heteroatoms. The van der Waals surface area contributed by atoms with E-state index in [2.05, 4.69) is 4.98 Å². The highest BCUT2D eigenvalue weighted by molar-refractivity contribution is 6.31. The van der Waals surface area contributed by atoms with Gasteiger partial charge in [0.15, 0.2) is 5.78 Å². The minimum atomic E-state index is -0.0418. The first-order valence-electron chi connectivity index (χ1n) is 4.47. The van der Waals surface area contributed by atoms with Crippen LogP contribution in [0.4, 0.5) is 0 Å². The average Bonchev–Trinajstić information content (AvgIpc) is 2.29. The Bertz CT molecular complexity index is 482. The molecule has 15 heavy (non-hydrogen) atoms. The lowest BCUT2D eigenvalue weighted by Gasteiger charge is -2.00. The van der Waals surface area contributed by atoms with Crippen molar-refractivity contribution in [3.05, 3.63) is 64.9 Å². The molecule has 74 valence electrons. The Labute approximate surface area is 92.5 Å². The number of rotatable bonds is 2. The maximum atomic E-state index is 11.9. The van der Waals surface area contributed by atoms with Gasteiger partial charge in [0.1, 0.15) is 0 Å². The average molecular weight is 218 g/mol. The fourth-order valence-corrected chi connectivity index (χ4v) is 1.49. The van der Waals surface area contributed by atoms with Gasteiger partial charge in [-0.2, -0.15) is 0 Å². The number of nitrogens with zero attached hydrogens (tertiary/aromatic N) is 1. The molecule has 2 aromatic rings. The van der Waals surface area contributed by atoms with Gasteiger partial charge >= 0.3 is 0 Å². The number of halogens is 1. The van der Waals surface area contributed by atoms with Crippen molar-refractivity contribution in [3.63, 3.8) is 0 Å². The Morgan fingerprint density at radius 3 is 2.47 bits per heavy atom. The number of pyridine rings is 1. The van der Waals surface area contributed by atoms with E-state index < -0.39 is 0 Å². The van der Waals surface area contributed by atoms with Crippen molar-refractivity contribution < 1.29 is 4.79 Å². The summed E-state index contributed by atoms with van der Waals surface area (Å²) >= 11 is 5.81. The van der Waals surface area contributed by atoms with Crippen molar-refractivity contribution in [3.8, 4) is 0 Å². The highest BCUT2D eigenvalue weighted by Crippen LogP contribution is 2.14. The zero-order valence-corrected chi connectivity index (χ0v) is 8.61. The molecule has 1 heterocycles. The number of hydrogen-bond acceptors (Lipinski definition) is 2. The summed E-state index contributed by atoms with van der Waals surface area (Å²) in [5.41, 5.74) is 1.21. The summed E-state index contributed by atoms with van der Waals surface area (Å²) in [6.45, 7) is 0. The van der Waals surface area contributed by atoms with Crippen LogP contribution in [0.15, 0.2) is 48.8 Å². The molecule has 0 radical (unpaired) electrons. The largest absolute Gasteiger partial charge is 0.289 e. The van der Waals surface area contributed by atoms with Crippen molar-refractivity contribution in [1.29, 1.82) is 0 Å². The molecule has 0 spiro atoms. The lowest BCUT2D eigenvalue weighted by Crippen LogP contribution is -2.00. The molecule has 0 saturated carbocycles. The minimum Gasteiger partial charge on any atom is -0.289 e. The van der Waals surface area contributed by atoms with Gasteiger partial charge in [-0.1, -0.05) is 23.7 Å². The number of benzene rings is 1. The van der Waals surface area contributed by atoms with Gasteiger partial charge in [0.05, 0.1) is 0 Å². The van der Waals surface area contributed by atoms with E-state index in [0.717, 1.165) is 0 Å². The van der Waals surface area contributed by atoms with E-state index in [0.29, 0.717) is 16.1 Å². The second-order valence-electron chi connectivity index (χ2n) is 3.08. The van der Waals surface area contributed by atoms with Gasteiger partial charge in [-0.15, -0.1) is 0 Å². The third-order valence-corrected chi connectivity index (χ3v) is 2.26. The van der Waals surface area contributed by atoms with Crippen LogP contribution in [-0.2, 0) is 0 Å². The number of hydrogen-bond donors (Lipinski definition) is 0. The van der Waals surface area contributed by atoms with E-state index in [1.807, 2.05) is 0 Å². The molecule has 0 atom stereocenters. The Kier molecular flexibility index (Phi) is 2.79. The second kappa shape index (κ2) is 4.24. The molecule has 0 aliphatic rings. The van der Waals surface area contributed by atoms with Crippen LogP contribution in [0.25, 0.3) is 0 Å². The molecule has 0 fully saturated rings. The summed E-state index contributed by atoms with van der Waals surface area (Å²) in [5, 5.41) is 0.565. The van der Waals surface area contributed by atoms with Crippen molar-refractivity contribution >= 4 is 17.4 Å². The van der Waals surface area contributed by atoms with Crippen LogP contribution in [0.2, 0.25) is 5.02 Å². The standard InChI is InChI=1S/C12H8ClNO/c13-11-3-1-2-10(8-11)12(15)9-4-6-14-7-5-9/h1-8H. The zero-order valence-electron chi connectivity index (χ0n) is 7.85. The molecule has 0 saturated heterocycles. The Balaban J connectivity index is 2.37. The van der Waals surface area contributed by atoms with Crippen LogP contribution in [0, 0.1) is 0 Å². The first-order chi connectivity index (χ1) is 7.27. The van der Waals surface area contributed by atoms with E-state index in [1.54, 1.807) is 48.8 Å². The van der Waals surface area contributed by atoms with Crippen molar-refractivity contribution in [2.75, 3.05) is 0 Å². The highest BCUT2D eigenvalue weighted by atomic mass is 35.5. The van der Waals surface area contributed by atoms with Crippen LogP contribution < -0.4 is 0 Å². The molecule has 0 N–H and O–H groups in total. The van der Waals surface area contributed by atoms with Gasteiger partial charge in [-0.3, -0.25) is 9.78 Å². The first-order valence-corrected chi connectivity index (χ1v) is 4.85. The maximum absolute atomic E-state index is 11.9. The molecule has 2 rings (SSSR count). The quantitative estimate of drug-likeness (QED) is 0.724. The molecular weight excluding hydrogens is 210 g/mol. The molecule has 1 aromatic heterocycles. The molecule has 0 unspecified atom stereocenters. The maximum Gasteiger partial charge on any atom is 0.193 e. The van der Waals surface area contributed by atoms with E-state index in [9.17, 15) is 4.79 Å². The molecule has 0 bridgehead atoms. The van der Waals surface area contributed by atoms with Crippen LogP contribution >= 0.6 is 11.6 Å².